The molecular weight excluding hydrogens is 256 g/mol. The number of carbonyl (C=O) groups is 2. The van der Waals surface area contributed by atoms with Crippen molar-refractivity contribution in [3.8, 4) is 0 Å². The topological polar surface area (TPSA) is 83.6 Å². The summed E-state index contributed by atoms with van der Waals surface area (Å²) in [7, 11) is 0. The van der Waals surface area contributed by atoms with Crippen molar-refractivity contribution in [2.45, 2.75) is 69.9 Å². The summed E-state index contributed by atoms with van der Waals surface area (Å²) in [6.45, 7) is 0.770. The monoisotopic (exact) mass is 282 g/mol. The van der Waals surface area contributed by atoms with Crippen LogP contribution in [0.4, 0.5) is 0 Å². The van der Waals surface area contributed by atoms with E-state index in [1.165, 1.54) is 0 Å². The normalized spacial score (nSPS) is 31.1. The summed E-state index contributed by atoms with van der Waals surface area (Å²) >= 11 is 0. The summed E-state index contributed by atoms with van der Waals surface area (Å²) < 4.78 is 0. The molecule has 3 N–H and O–H groups in total. The molecule has 3 atom stereocenters. The summed E-state index contributed by atoms with van der Waals surface area (Å²) in [6.07, 6.45) is 7.79. The van der Waals surface area contributed by atoms with Gasteiger partial charge in [0.05, 0.1) is 5.92 Å². The molecule has 20 heavy (non-hydrogen) atoms. The Morgan fingerprint density at radius 1 is 1.10 bits per heavy atom. The zero-order chi connectivity index (χ0) is 14.5. The number of nitrogens with zero attached hydrogens (tertiary/aromatic N) is 1. The number of carboxylic acids is 1. The minimum absolute atomic E-state index is 0.0155. The van der Waals surface area contributed by atoms with E-state index < -0.39 is 5.97 Å². The molecule has 1 saturated heterocycles. The molecule has 0 bridgehead atoms. The maximum atomic E-state index is 12.7. The van der Waals surface area contributed by atoms with Crippen molar-refractivity contribution in [1.82, 2.24) is 4.90 Å². The number of piperidine rings is 1. The van der Waals surface area contributed by atoms with Gasteiger partial charge in [0.25, 0.3) is 0 Å². The number of carboxylic acid groups (broad SMARTS) is 1. The second-order valence-corrected chi connectivity index (χ2v) is 6.17. The number of likely N-dealkylation sites (tertiary alicyclic amines) is 1. The molecule has 0 radical (unpaired) electrons. The van der Waals surface area contributed by atoms with E-state index >= 15 is 0 Å². The van der Waals surface area contributed by atoms with Crippen LogP contribution in [0.1, 0.15) is 57.8 Å². The Bertz CT molecular complexity index is 359. The molecule has 0 spiro atoms. The predicted octanol–water partition coefficient (Wildman–Crippen LogP) is 1.75. The quantitative estimate of drug-likeness (QED) is 0.823. The molecule has 5 nitrogen and oxygen atoms in total. The SMILES string of the molecule is NC1CCCCC1C(=O)N1CCCCC1CCC(=O)O. The molecule has 2 fully saturated rings. The second-order valence-electron chi connectivity index (χ2n) is 6.17. The Hall–Kier alpha value is -1.10. The van der Waals surface area contributed by atoms with Crippen LogP contribution >= 0.6 is 0 Å². The zero-order valence-corrected chi connectivity index (χ0v) is 12.1. The van der Waals surface area contributed by atoms with Crippen molar-refractivity contribution in [2.75, 3.05) is 6.54 Å². The van der Waals surface area contributed by atoms with E-state index in [2.05, 4.69) is 0 Å². The van der Waals surface area contributed by atoms with E-state index in [-0.39, 0.29) is 30.3 Å². The molecule has 0 aromatic rings. The number of hydrogen-bond acceptors (Lipinski definition) is 3. The highest BCUT2D eigenvalue weighted by atomic mass is 16.4. The molecule has 1 heterocycles. The average molecular weight is 282 g/mol. The van der Waals surface area contributed by atoms with E-state index in [4.69, 9.17) is 10.8 Å². The Labute approximate surface area is 120 Å². The van der Waals surface area contributed by atoms with Crippen molar-refractivity contribution in [2.24, 2.45) is 11.7 Å². The highest BCUT2D eigenvalue weighted by Crippen LogP contribution is 2.29. The molecule has 5 heteroatoms. The summed E-state index contributed by atoms with van der Waals surface area (Å²) in [6, 6.07) is 0.0831. The van der Waals surface area contributed by atoms with Gasteiger partial charge < -0.3 is 15.7 Å². The number of aliphatic carboxylic acids is 1. The van der Waals surface area contributed by atoms with Crippen LogP contribution in [0.3, 0.4) is 0 Å². The smallest absolute Gasteiger partial charge is 0.303 e. The van der Waals surface area contributed by atoms with Crippen LogP contribution in [-0.2, 0) is 9.59 Å². The van der Waals surface area contributed by atoms with Crippen LogP contribution in [0.2, 0.25) is 0 Å². The van der Waals surface area contributed by atoms with Gasteiger partial charge in [0.2, 0.25) is 5.91 Å². The second kappa shape index (κ2) is 7.07. The van der Waals surface area contributed by atoms with Gasteiger partial charge in [-0.05, 0) is 38.5 Å². The molecule has 1 aliphatic carbocycles. The molecule has 2 aliphatic rings. The highest BCUT2D eigenvalue weighted by Gasteiger charge is 2.35. The molecule has 1 amide bonds. The minimum atomic E-state index is -0.780. The standard InChI is InChI=1S/C15H26N2O3/c16-13-7-2-1-6-12(13)15(20)17-10-4-3-5-11(17)8-9-14(18)19/h11-13H,1-10,16H2,(H,18,19). The lowest BCUT2D eigenvalue weighted by Crippen LogP contribution is -2.51. The van der Waals surface area contributed by atoms with Gasteiger partial charge in [0.1, 0.15) is 0 Å². The first kappa shape index (κ1) is 15.3. The van der Waals surface area contributed by atoms with Gasteiger partial charge in [0, 0.05) is 25.0 Å². The third-order valence-electron chi connectivity index (χ3n) is 4.74. The number of rotatable bonds is 4. The van der Waals surface area contributed by atoms with Crippen LogP contribution in [0.25, 0.3) is 0 Å². The van der Waals surface area contributed by atoms with Crippen LogP contribution < -0.4 is 5.73 Å². The van der Waals surface area contributed by atoms with Gasteiger partial charge in [-0.15, -0.1) is 0 Å². The average Bonchev–Trinajstić information content (AvgIpc) is 2.45. The summed E-state index contributed by atoms with van der Waals surface area (Å²) in [5.41, 5.74) is 6.11. The maximum Gasteiger partial charge on any atom is 0.303 e. The zero-order valence-electron chi connectivity index (χ0n) is 12.1. The fraction of sp³-hybridized carbons (Fsp3) is 0.867. The van der Waals surface area contributed by atoms with Gasteiger partial charge in [-0.3, -0.25) is 9.59 Å². The van der Waals surface area contributed by atoms with Crippen LogP contribution in [0.5, 0.6) is 0 Å². The Kier molecular flexibility index (Phi) is 5.40. The maximum absolute atomic E-state index is 12.7. The van der Waals surface area contributed by atoms with Crippen molar-refractivity contribution >= 4 is 11.9 Å². The van der Waals surface area contributed by atoms with Gasteiger partial charge in [-0.25, -0.2) is 0 Å². The van der Waals surface area contributed by atoms with Crippen LogP contribution in [0.15, 0.2) is 0 Å². The molecule has 1 aliphatic heterocycles. The van der Waals surface area contributed by atoms with Crippen molar-refractivity contribution < 1.29 is 14.7 Å². The number of hydrogen-bond donors (Lipinski definition) is 2. The molecule has 3 unspecified atom stereocenters. The lowest BCUT2D eigenvalue weighted by molar-refractivity contribution is -0.143. The van der Waals surface area contributed by atoms with Crippen molar-refractivity contribution in [3.63, 3.8) is 0 Å². The van der Waals surface area contributed by atoms with E-state index in [1.54, 1.807) is 0 Å². The summed E-state index contributed by atoms with van der Waals surface area (Å²) in [4.78, 5) is 25.4. The van der Waals surface area contributed by atoms with E-state index in [0.717, 1.165) is 51.5 Å². The Morgan fingerprint density at radius 3 is 2.50 bits per heavy atom. The van der Waals surface area contributed by atoms with E-state index in [0.29, 0.717) is 6.42 Å². The summed E-state index contributed by atoms with van der Waals surface area (Å²) in [5, 5.41) is 8.84. The van der Waals surface area contributed by atoms with Gasteiger partial charge >= 0.3 is 5.97 Å². The fourth-order valence-electron chi connectivity index (χ4n) is 3.56. The number of nitrogens with two attached hydrogens (primary N) is 1. The molecular formula is C15H26N2O3. The highest BCUT2D eigenvalue weighted by molar-refractivity contribution is 5.80. The lowest BCUT2D eigenvalue weighted by Gasteiger charge is -2.40. The molecule has 114 valence electrons. The first-order valence-corrected chi connectivity index (χ1v) is 7.87. The van der Waals surface area contributed by atoms with Crippen LogP contribution in [-0.4, -0.2) is 40.5 Å². The van der Waals surface area contributed by atoms with Crippen LogP contribution in [0, 0.1) is 5.92 Å². The first-order chi connectivity index (χ1) is 9.59. The number of carbonyl (C=O) groups excluding carboxylic acids is 1. The third-order valence-corrected chi connectivity index (χ3v) is 4.74. The summed E-state index contributed by atoms with van der Waals surface area (Å²) in [5.74, 6) is -0.654. The first-order valence-electron chi connectivity index (χ1n) is 7.87. The minimum Gasteiger partial charge on any atom is -0.481 e. The molecule has 1 saturated carbocycles. The van der Waals surface area contributed by atoms with Crippen molar-refractivity contribution in [3.05, 3.63) is 0 Å². The number of amides is 1. The lowest BCUT2D eigenvalue weighted by atomic mass is 9.83. The van der Waals surface area contributed by atoms with Crippen molar-refractivity contribution in [1.29, 1.82) is 0 Å². The molecule has 0 aromatic carbocycles. The fourth-order valence-corrected chi connectivity index (χ4v) is 3.56. The Balaban J connectivity index is 1.98. The molecule has 2 rings (SSSR count). The third kappa shape index (κ3) is 3.72. The largest absolute Gasteiger partial charge is 0.481 e. The van der Waals surface area contributed by atoms with Gasteiger partial charge in [0.15, 0.2) is 0 Å². The predicted molar refractivity (Wildman–Crippen MR) is 76.2 cm³/mol. The Morgan fingerprint density at radius 2 is 1.80 bits per heavy atom. The van der Waals surface area contributed by atoms with E-state index in [9.17, 15) is 9.59 Å². The van der Waals surface area contributed by atoms with Gasteiger partial charge in [-0.2, -0.15) is 0 Å². The van der Waals surface area contributed by atoms with E-state index in [1.807, 2.05) is 4.90 Å². The van der Waals surface area contributed by atoms with Gasteiger partial charge in [-0.1, -0.05) is 12.8 Å². The molecule has 0 aromatic heterocycles.